The largest absolute Gasteiger partial charge is 0.496 e. The van der Waals surface area contributed by atoms with Crippen LogP contribution in [0.15, 0.2) is 12.1 Å². The summed E-state index contributed by atoms with van der Waals surface area (Å²) in [6.07, 6.45) is 0.836. The van der Waals surface area contributed by atoms with Crippen molar-refractivity contribution in [1.82, 2.24) is 5.32 Å². The van der Waals surface area contributed by atoms with Crippen LogP contribution in [0.3, 0.4) is 0 Å². The average Bonchev–Trinajstić information content (AvgIpc) is 2.37. The highest BCUT2D eigenvalue weighted by Crippen LogP contribution is 2.22. The molecule has 1 rings (SSSR count). The highest BCUT2D eigenvalue weighted by atomic mass is 16.5. The van der Waals surface area contributed by atoms with Gasteiger partial charge in [0.25, 0.3) is 0 Å². The number of benzene rings is 1. The fraction of sp³-hybridized carbons (Fsp3) is 0.500. The molecule has 1 unspecified atom stereocenters. The van der Waals surface area contributed by atoms with Crippen LogP contribution in [-0.2, 0) is 11.2 Å². The molecule has 5 nitrogen and oxygen atoms in total. The Morgan fingerprint density at radius 1 is 1.42 bits per heavy atom. The average molecular weight is 266 g/mol. The number of carboxylic acids is 1. The van der Waals surface area contributed by atoms with Gasteiger partial charge in [0.2, 0.25) is 0 Å². The van der Waals surface area contributed by atoms with Gasteiger partial charge >= 0.3 is 5.97 Å². The lowest BCUT2D eigenvalue weighted by Crippen LogP contribution is -2.40. The number of nitrogens with two attached hydrogens (primary N) is 1. The third-order valence-corrected chi connectivity index (χ3v) is 3.11. The van der Waals surface area contributed by atoms with E-state index in [4.69, 9.17) is 15.6 Å². The predicted octanol–water partition coefficient (Wildman–Crippen LogP) is 0.856. The number of aryl methyl sites for hydroxylation is 2. The Morgan fingerprint density at radius 3 is 2.68 bits per heavy atom. The fourth-order valence-corrected chi connectivity index (χ4v) is 1.91. The summed E-state index contributed by atoms with van der Waals surface area (Å²) in [5, 5.41) is 11.7. The molecule has 5 heteroatoms. The van der Waals surface area contributed by atoms with Gasteiger partial charge in [-0.3, -0.25) is 4.79 Å². The summed E-state index contributed by atoms with van der Waals surface area (Å²) in [6.45, 7) is 5.03. The highest BCUT2D eigenvalue weighted by molar-refractivity contribution is 5.73. The van der Waals surface area contributed by atoms with Gasteiger partial charge in [-0.25, -0.2) is 0 Å². The van der Waals surface area contributed by atoms with Crippen molar-refractivity contribution < 1.29 is 14.6 Å². The van der Waals surface area contributed by atoms with Crippen molar-refractivity contribution in [3.8, 4) is 5.75 Å². The molecule has 0 saturated heterocycles. The van der Waals surface area contributed by atoms with Gasteiger partial charge in [-0.2, -0.15) is 0 Å². The first kappa shape index (κ1) is 15.5. The summed E-state index contributed by atoms with van der Waals surface area (Å²) in [4.78, 5) is 10.6. The van der Waals surface area contributed by atoms with Crippen LogP contribution < -0.4 is 15.8 Å². The molecule has 0 aliphatic carbocycles. The van der Waals surface area contributed by atoms with E-state index in [9.17, 15) is 4.79 Å². The van der Waals surface area contributed by atoms with E-state index in [1.807, 2.05) is 19.9 Å². The number of aliphatic carboxylic acids is 1. The quantitative estimate of drug-likeness (QED) is 0.637. The number of rotatable bonds is 7. The number of hydrogen-bond acceptors (Lipinski definition) is 4. The van der Waals surface area contributed by atoms with Crippen molar-refractivity contribution in [2.45, 2.75) is 26.3 Å². The molecule has 106 valence electrons. The van der Waals surface area contributed by atoms with Gasteiger partial charge in [0, 0.05) is 6.54 Å². The normalized spacial score (nSPS) is 12.2. The van der Waals surface area contributed by atoms with E-state index in [2.05, 4.69) is 11.4 Å². The van der Waals surface area contributed by atoms with Crippen molar-refractivity contribution in [3.63, 3.8) is 0 Å². The Balaban J connectivity index is 2.50. The Kier molecular flexibility index (Phi) is 5.79. The topological polar surface area (TPSA) is 84.6 Å². The zero-order chi connectivity index (χ0) is 14.4. The van der Waals surface area contributed by atoms with Gasteiger partial charge in [-0.15, -0.1) is 0 Å². The van der Waals surface area contributed by atoms with Crippen molar-refractivity contribution in [3.05, 3.63) is 28.8 Å². The Bertz CT molecular complexity index is 447. The summed E-state index contributed by atoms with van der Waals surface area (Å²) in [6, 6.07) is 3.28. The molecule has 0 bridgehead atoms. The third kappa shape index (κ3) is 4.54. The predicted molar refractivity (Wildman–Crippen MR) is 74.7 cm³/mol. The van der Waals surface area contributed by atoms with Gasteiger partial charge in [-0.05, 0) is 49.6 Å². The van der Waals surface area contributed by atoms with Crippen LogP contribution in [0.5, 0.6) is 5.75 Å². The Hall–Kier alpha value is -1.59. The Morgan fingerprint density at radius 2 is 2.11 bits per heavy atom. The summed E-state index contributed by atoms with van der Waals surface area (Å²) in [7, 11) is 1.66. The van der Waals surface area contributed by atoms with E-state index in [1.54, 1.807) is 7.11 Å². The van der Waals surface area contributed by atoms with Crippen molar-refractivity contribution in [2.75, 3.05) is 20.2 Å². The van der Waals surface area contributed by atoms with E-state index in [-0.39, 0.29) is 6.54 Å². The maximum atomic E-state index is 10.6. The molecule has 0 radical (unpaired) electrons. The lowest BCUT2D eigenvalue weighted by atomic mass is 10.0. The van der Waals surface area contributed by atoms with Crippen LogP contribution in [0.2, 0.25) is 0 Å². The van der Waals surface area contributed by atoms with Crippen LogP contribution in [0.4, 0.5) is 0 Å². The lowest BCUT2D eigenvalue weighted by Gasteiger charge is -2.12. The van der Waals surface area contributed by atoms with E-state index in [0.29, 0.717) is 6.54 Å². The number of carbonyl (C=O) groups is 1. The van der Waals surface area contributed by atoms with E-state index < -0.39 is 12.0 Å². The standard InChI is InChI=1S/C14H22N2O3/c1-9-7-13(19-3)10(2)6-11(9)4-5-16-8-12(15)14(17)18/h6-7,12,16H,4-5,8,15H2,1-3H3,(H,17,18). The first-order chi connectivity index (χ1) is 8.95. The Labute approximate surface area is 113 Å². The van der Waals surface area contributed by atoms with Gasteiger partial charge in [-0.1, -0.05) is 6.07 Å². The zero-order valence-corrected chi connectivity index (χ0v) is 11.7. The van der Waals surface area contributed by atoms with E-state index in [0.717, 1.165) is 17.7 Å². The minimum absolute atomic E-state index is 0.281. The lowest BCUT2D eigenvalue weighted by molar-refractivity contribution is -0.138. The van der Waals surface area contributed by atoms with Crippen LogP contribution >= 0.6 is 0 Å². The molecule has 0 fully saturated rings. The van der Waals surface area contributed by atoms with Crippen LogP contribution in [0.25, 0.3) is 0 Å². The van der Waals surface area contributed by atoms with Crippen LogP contribution in [0, 0.1) is 13.8 Å². The van der Waals surface area contributed by atoms with E-state index >= 15 is 0 Å². The van der Waals surface area contributed by atoms with Gasteiger partial charge in [0.1, 0.15) is 11.8 Å². The monoisotopic (exact) mass is 266 g/mol. The van der Waals surface area contributed by atoms with Crippen molar-refractivity contribution >= 4 is 5.97 Å². The molecule has 1 atom stereocenters. The minimum atomic E-state index is -0.982. The number of nitrogens with one attached hydrogen (secondary N) is 1. The molecule has 0 aliphatic rings. The van der Waals surface area contributed by atoms with Gasteiger partial charge in [0.05, 0.1) is 7.11 Å². The second kappa shape index (κ2) is 7.11. The SMILES string of the molecule is COc1cc(C)c(CCNCC(N)C(=O)O)cc1C. The first-order valence-electron chi connectivity index (χ1n) is 6.29. The third-order valence-electron chi connectivity index (χ3n) is 3.11. The molecular formula is C14H22N2O3. The van der Waals surface area contributed by atoms with Crippen molar-refractivity contribution in [2.24, 2.45) is 5.73 Å². The summed E-state index contributed by atoms with van der Waals surface area (Å²) >= 11 is 0. The molecule has 0 aliphatic heterocycles. The van der Waals surface area contributed by atoms with Crippen molar-refractivity contribution in [1.29, 1.82) is 0 Å². The summed E-state index contributed by atoms with van der Waals surface area (Å²) in [5.41, 5.74) is 8.92. The molecular weight excluding hydrogens is 244 g/mol. The molecule has 0 heterocycles. The van der Waals surface area contributed by atoms with Gasteiger partial charge in [0.15, 0.2) is 0 Å². The van der Waals surface area contributed by atoms with Crippen LogP contribution in [0.1, 0.15) is 16.7 Å². The second-order valence-electron chi connectivity index (χ2n) is 4.65. The summed E-state index contributed by atoms with van der Waals surface area (Å²) in [5.74, 6) is -0.0916. The fourth-order valence-electron chi connectivity index (χ4n) is 1.91. The molecule has 1 aromatic carbocycles. The molecule has 0 saturated carbocycles. The number of hydrogen-bond donors (Lipinski definition) is 3. The van der Waals surface area contributed by atoms with Crippen LogP contribution in [-0.4, -0.2) is 37.3 Å². The molecule has 0 amide bonds. The number of ether oxygens (including phenoxy) is 1. The highest BCUT2D eigenvalue weighted by Gasteiger charge is 2.10. The number of methoxy groups -OCH3 is 1. The van der Waals surface area contributed by atoms with E-state index in [1.165, 1.54) is 11.1 Å². The van der Waals surface area contributed by atoms with Gasteiger partial charge < -0.3 is 20.9 Å². The first-order valence-corrected chi connectivity index (χ1v) is 6.29. The molecule has 1 aromatic rings. The maximum Gasteiger partial charge on any atom is 0.321 e. The minimum Gasteiger partial charge on any atom is -0.496 e. The second-order valence-corrected chi connectivity index (χ2v) is 4.65. The molecule has 0 aromatic heterocycles. The zero-order valence-electron chi connectivity index (χ0n) is 11.7. The molecule has 4 N–H and O–H groups in total. The number of carboxylic acid groups (broad SMARTS) is 1. The molecule has 0 spiro atoms. The summed E-state index contributed by atoms with van der Waals surface area (Å²) < 4.78 is 5.27. The smallest absolute Gasteiger partial charge is 0.321 e. The molecule has 19 heavy (non-hydrogen) atoms. The maximum absolute atomic E-state index is 10.6.